The van der Waals surface area contributed by atoms with E-state index in [1.807, 2.05) is 49.4 Å². The number of carbonyl (C=O) groups excluding carboxylic acids is 3. The number of aromatic nitrogens is 1. The molecule has 0 aliphatic carbocycles. The quantitative estimate of drug-likeness (QED) is 0.312. The van der Waals surface area contributed by atoms with Gasteiger partial charge in [-0.3, -0.25) is 19.8 Å². The summed E-state index contributed by atoms with van der Waals surface area (Å²) < 4.78 is 2.18. The fourth-order valence-corrected chi connectivity index (χ4v) is 4.09. The minimum Gasteiger partial charge on any atom is -0.344 e. The van der Waals surface area contributed by atoms with Crippen molar-refractivity contribution in [2.45, 2.75) is 13.5 Å². The second-order valence-corrected chi connectivity index (χ2v) is 8.94. The maximum Gasteiger partial charge on any atom is 0.328 e. The molecule has 4 rings (SSSR count). The molecule has 34 heavy (non-hydrogen) atoms. The number of benzene rings is 3. The first-order valence-corrected chi connectivity index (χ1v) is 11.5. The molecular weight excluding hydrogens is 520 g/mol. The molecule has 3 aromatic carbocycles. The van der Waals surface area contributed by atoms with Gasteiger partial charge in [-0.25, -0.2) is 4.68 Å². The summed E-state index contributed by atoms with van der Waals surface area (Å²) in [6, 6.07) is 21.3. The van der Waals surface area contributed by atoms with E-state index in [-0.39, 0.29) is 12.2 Å². The number of carbonyl (C=O) groups is 3. The summed E-state index contributed by atoms with van der Waals surface area (Å²) in [7, 11) is 0. The molecule has 0 saturated carbocycles. The van der Waals surface area contributed by atoms with E-state index in [1.54, 1.807) is 30.3 Å². The van der Waals surface area contributed by atoms with Gasteiger partial charge in [-0.1, -0.05) is 57.9 Å². The Labute approximate surface area is 209 Å². The largest absolute Gasteiger partial charge is 0.344 e. The molecule has 0 aliphatic heterocycles. The normalized spacial score (nSPS) is 10.7. The van der Waals surface area contributed by atoms with Crippen molar-refractivity contribution in [3.05, 3.63) is 99.1 Å². The highest BCUT2D eigenvalue weighted by atomic mass is 79.9. The lowest BCUT2D eigenvalue weighted by atomic mass is 10.2. The minimum absolute atomic E-state index is 0.142. The second-order valence-electron chi connectivity index (χ2n) is 7.59. The third-order valence-corrected chi connectivity index (χ3v) is 5.88. The molecule has 0 aliphatic rings. The van der Waals surface area contributed by atoms with Crippen LogP contribution >= 0.6 is 27.5 Å². The van der Waals surface area contributed by atoms with E-state index in [4.69, 9.17) is 11.6 Å². The molecule has 9 heteroatoms. The highest BCUT2D eigenvalue weighted by Crippen LogP contribution is 2.25. The van der Waals surface area contributed by atoms with Crippen molar-refractivity contribution in [2.75, 3.05) is 10.7 Å². The van der Waals surface area contributed by atoms with E-state index in [0.29, 0.717) is 21.6 Å². The first-order valence-electron chi connectivity index (χ1n) is 10.3. The summed E-state index contributed by atoms with van der Waals surface area (Å²) in [6.07, 6.45) is 0. The van der Waals surface area contributed by atoms with Crippen LogP contribution in [-0.2, 0) is 16.1 Å². The molecule has 0 saturated heterocycles. The maximum absolute atomic E-state index is 13.2. The summed E-state index contributed by atoms with van der Waals surface area (Å²) in [5, 5.41) is 6.55. The van der Waals surface area contributed by atoms with Crippen molar-refractivity contribution < 1.29 is 14.4 Å². The zero-order valence-electron chi connectivity index (χ0n) is 18.1. The fraction of sp³-hybridized carbons (Fsp3) is 0.0800. The summed E-state index contributed by atoms with van der Waals surface area (Å²) in [4.78, 5) is 38.2. The van der Waals surface area contributed by atoms with Crippen LogP contribution in [0.1, 0.15) is 21.6 Å². The SMILES string of the molecule is Cc1cc(Br)ccc1NC(=O)c1cc2cc(Cl)ccc2n1NC(=O)C(=O)NCc1ccccc1. The van der Waals surface area contributed by atoms with Crippen molar-refractivity contribution in [3.63, 3.8) is 0 Å². The molecule has 0 fully saturated rings. The molecule has 7 nitrogen and oxygen atoms in total. The summed E-state index contributed by atoms with van der Waals surface area (Å²) in [5.74, 6) is -2.19. The van der Waals surface area contributed by atoms with Gasteiger partial charge >= 0.3 is 11.8 Å². The van der Waals surface area contributed by atoms with Gasteiger partial charge in [-0.2, -0.15) is 0 Å². The number of anilines is 1. The van der Waals surface area contributed by atoms with Gasteiger partial charge in [-0.05, 0) is 60.5 Å². The summed E-state index contributed by atoms with van der Waals surface area (Å²) >= 11 is 9.52. The molecule has 172 valence electrons. The van der Waals surface area contributed by atoms with Gasteiger partial charge in [0.25, 0.3) is 5.91 Å². The topological polar surface area (TPSA) is 92.2 Å². The number of fused-ring (bicyclic) bond motifs is 1. The number of amides is 3. The van der Waals surface area contributed by atoms with Crippen LogP contribution in [-0.4, -0.2) is 22.4 Å². The second kappa shape index (κ2) is 10.1. The van der Waals surface area contributed by atoms with Gasteiger partial charge in [0.1, 0.15) is 5.69 Å². The monoisotopic (exact) mass is 538 g/mol. The average molecular weight is 540 g/mol. The molecule has 0 bridgehead atoms. The Morgan fingerprint density at radius 1 is 0.941 bits per heavy atom. The van der Waals surface area contributed by atoms with E-state index < -0.39 is 17.7 Å². The fourth-order valence-electron chi connectivity index (χ4n) is 3.44. The minimum atomic E-state index is -0.905. The lowest BCUT2D eigenvalue weighted by molar-refractivity contribution is -0.136. The van der Waals surface area contributed by atoms with Crippen LogP contribution < -0.4 is 16.1 Å². The molecule has 1 heterocycles. The lowest BCUT2D eigenvalue weighted by Gasteiger charge is -2.13. The van der Waals surface area contributed by atoms with Crippen LogP contribution in [0.4, 0.5) is 5.69 Å². The predicted octanol–water partition coefficient (Wildman–Crippen LogP) is 5.00. The number of hydrogen-bond acceptors (Lipinski definition) is 3. The Hall–Kier alpha value is -3.62. The highest BCUT2D eigenvalue weighted by Gasteiger charge is 2.21. The van der Waals surface area contributed by atoms with Crippen LogP contribution in [0.5, 0.6) is 0 Å². The van der Waals surface area contributed by atoms with E-state index in [1.165, 1.54) is 4.68 Å². The molecule has 3 N–H and O–H groups in total. The van der Waals surface area contributed by atoms with Crippen molar-refractivity contribution >= 4 is 61.8 Å². The molecule has 0 radical (unpaired) electrons. The van der Waals surface area contributed by atoms with E-state index in [9.17, 15) is 14.4 Å². The average Bonchev–Trinajstić information content (AvgIpc) is 3.17. The number of halogens is 2. The van der Waals surface area contributed by atoms with E-state index in [2.05, 4.69) is 32.0 Å². The van der Waals surface area contributed by atoms with Crippen LogP contribution in [0.2, 0.25) is 5.02 Å². The zero-order chi connectivity index (χ0) is 24.2. The third-order valence-electron chi connectivity index (χ3n) is 5.15. The van der Waals surface area contributed by atoms with Gasteiger partial charge in [0, 0.05) is 27.1 Å². The number of nitrogens with one attached hydrogen (secondary N) is 3. The predicted molar refractivity (Wildman–Crippen MR) is 136 cm³/mol. The summed E-state index contributed by atoms with van der Waals surface area (Å²) in [6.45, 7) is 2.07. The molecule has 0 atom stereocenters. The molecule has 0 spiro atoms. The first kappa shape index (κ1) is 23.5. The van der Waals surface area contributed by atoms with Crippen LogP contribution in [0.3, 0.4) is 0 Å². The molecule has 4 aromatic rings. The molecule has 1 aromatic heterocycles. The standard InChI is InChI=1S/C25H20BrClN4O3/c1-15-11-18(26)7-9-20(15)29-23(32)22-13-17-12-19(27)8-10-21(17)31(22)30-25(34)24(33)28-14-16-5-3-2-4-6-16/h2-13H,14H2,1H3,(H,28,33)(H,29,32)(H,30,34). The Morgan fingerprint density at radius 3 is 2.44 bits per heavy atom. The van der Waals surface area contributed by atoms with Crippen LogP contribution in [0, 0.1) is 6.92 Å². The molecule has 3 amide bonds. The van der Waals surface area contributed by atoms with Gasteiger partial charge in [0.05, 0.1) is 5.52 Å². The lowest BCUT2D eigenvalue weighted by Crippen LogP contribution is -2.39. The van der Waals surface area contributed by atoms with E-state index in [0.717, 1.165) is 15.6 Å². The van der Waals surface area contributed by atoms with Crippen molar-refractivity contribution in [1.29, 1.82) is 0 Å². The zero-order valence-corrected chi connectivity index (χ0v) is 20.4. The number of aryl methyl sites for hydroxylation is 1. The van der Waals surface area contributed by atoms with Crippen LogP contribution in [0.25, 0.3) is 10.9 Å². The highest BCUT2D eigenvalue weighted by molar-refractivity contribution is 9.10. The van der Waals surface area contributed by atoms with Crippen molar-refractivity contribution in [2.24, 2.45) is 0 Å². The molecular formula is C25H20BrClN4O3. The Morgan fingerprint density at radius 2 is 1.71 bits per heavy atom. The maximum atomic E-state index is 13.2. The Bertz CT molecular complexity index is 1400. The van der Waals surface area contributed by atoms with Crippen LogP contribution in [0.15, 0.2) is 77.3 Å². The Balaban J connectivity index is 1.59. The number of nitrogens with zero attached hydrogens (tertiary/aromatic N) is 1. The molecule has 0 unspecified atom stereocenters. The first-order chi connectivity index (χ1) is 16.3. The number of hydrogen-bond donors (Lipinski definition) is 3. The van der Waals surface area contributed by atoms with Gasteiger partial charge in [0.15, 0.2) is 0 Å². The smallest absolute Gasteiger partial charge is 0.328 e. The van der Waals surface area contributed by atoms with Gasteiger partial charge < -0.3 is 10.6 Å². The summed E-state index contributed by atoms with van der Waals surface area (Å²) in [5.41, 5.74) is 5.53. The van der Waals surface area contributed by atoms with Gasteiger partial charge in [0.2, 0.25) is 0 Å². The Kier molecular flexibility index (Phi) is 7.00. The van der Waals surface area contributed by atoms with Crippen molar-refractivity contribution in [3.8, 4) is 0 Å². The van der Waals surface area contributed by atoms with Crippen molar-refractivity contribution in [1.82, 2.24) is 9.99 Å². The van der Waals surface area contributed by atoms with Gasteiger partial charge in [-0.15, -0.1) is 0 Å². The number of rotatable bonds is 5. The van der Waals surface area contributed by atoms with E-state index >= 15 is 0 Å². The third kappa shape index (κ3) is 5.30.